The Kier molecular flexibility index (Phi) is 7.38. The largest absolute Gasteiger partial charge is 0.453 e. The van der Waals surface area contributed by atoms with Gasteiger partial charge in [0.15, 0.2) is 6.10 Å². The maximum Gasteiger partial charge on any atom is 0.307 e. The van der Waals surface area contributed by atoms with Crippen molar-refractivity contribution in [2.24, 2.45) is 0 Å². The van der Waals surface area contributed by atoms with Gasteiger partial charge in [0.05, 0.1) is 11.3 Å². The topological polar surface area (TPSA) is 98.5 Å². The molecule has 1 amide bonds. The SMILES string of the molecule is CCSCCC(=O)O[C@H](C)C(=O)Nc1cccc([N+](=O)[O-])c1. The van der Waals surface area contributed by atoms with E-state index in [1.807, 2.05) is 6.92 Å². The van der Waals surface area contributed by atoms with Gasteiger partial charge in [-0.25, -0.2) is 0 Å². The molecule has 1 aromatic carbocycles. The molecule has 120 valence electrons. The molecule has 0 heterocycles. The van der Waals surface area contributed by atoms with Gasteiger partial charge in [-0.3, -0.25) is 19.7 Å². The lowest BCUT2D eigenvalue weighted by Gasteiger charge is -2.13. The molecule has 0 fully saturated rings. The lowest BCUT2D eigenvalue weighted by atomic mass is 10.2. The van der Waals surface area contributed by atoms with Gasteiger partial charge in [-0.15, -0.1) is 0 Å². The standard InChI is InChI=1S/C14H18N2O5S/c1-3-22-8-7-13(17)21-10(2)14(18)15-11-5-4-6-12(9-11)16(19)20/h4-6,9-10H,3,7-8H2,1-2H3,(H,15,18)/t10-/m1/s1. The van der Waals surface area contributed by atoms with Crippen molar-refractivity contribution in [1.29, 1.82) is 0 Å². The third kappa shape index (κ3) is 6.13. The van der Waals surface area contributed by atoms with Crippen molar-refractivity contribution in [3.05, 3.63) is 34.4 Å². The molecule has 1 atom stereocenters. The molecule has 7 nitrogen and oxygen atoms in total. The Balaban J connectivity index is 2.52. The first kappa shape index (κ1) is 18.0. The zero-order valence-corrected chi connectivity index (χ0v) is 13.2. The summed E-state index contributed by atoms with van der Waals surface area (Å²) >= 11 is 1.61. The van der Waals surface area contributed by atoms with Crippen molar-refractivity contribution in [2.75, 3.05) is 16.8 Å². The first-order valence-corrected chi connectivity index (χ1v) is 7.92. The summed E-state index contributed by atoms with van der Waals surface area (Å²) in [6, 6.07) is 5.55. The fourth-order valence-electron chi connectivity index (χ4n) is 1.55. The summed E-state index contributed by atoms with van der Waals surface area (Å²) in [6.45, 7) is 3.45. The molecule has 1 aromatic rings. The van der Waals surface area contributed by atoms with Crippen LogP contribution in [0, 0.1) is 10.1 Å². The summed E-state index contributed by atoms with van der Waals surface area (Å²) in [7, 11) is 0. The number of hydrogen-bond donors (Lipinski definition) is 1. The van der Waals surface area contributed by atoms with Gasteiger partial charge >= 0.3 is 5.97 Å². The van der Waals surface area contributed by atoms with Crippen LogP contribution in [0.15, 0.2) is 24.3 Å². The number of rotatable bonds is 8. The Morgan fingerprint density at radius 1 is 1.45 bits per heavy atom. The number of esters is 1. The number of nitro groups is 1. The summed E-state index contributed by atoms with van der Waals surface area (Å²) < 4.78 is 5.01. The van der Waals surface area contributed by atoms with Crippen LogP contribution >= 0.6 is 11.8 Å². The number of carbonyl (C=O) groups is 2. The molecule has 0 bridgehead atoms. The van der Waals surface area contributed by atoms with Crippen LogP contribution < -0.4 is 5.32 Å². The third-order valence-corrected chi connectivity index (χ3v) is 3.56. The zero-order valence-electron chi connectivity index (χ0n) is 12.4. The van der Waals surface area contributed by atoms with Crippen LogP contribution in [0.3, 0.4) is 0 Å². The van der Waals surface area contributed by atoms with Crippen molar-refractivity contribution < 1.29 is 19.2 Å². The molecule has 0 aliphatic carbocycles. The number of nitro benzene ring substituents is 1. The Morgan fingerprint density at radius 3 is 2.82 bits per heavy atom. The highest BCUT2D eigenvalue weighted by Crippen LogP contribution is 2.17. The average Bonchev–Trinajstić information content (AvgIpc) is 2.47. The quantitative estimate of drug-likeness (QED) is 0.341. The van der Waals surface area contributed by atoms with Crippen molar-refractivity contribution >= 4 is 35.0 Å². The van der Waals surface area contributed by atoms with E-state index in [2.05, 4.69) is 5.32 Å². The molecule has 1 N–H and O–H groups in total. The smallest absolute Gasteiger partial charge is 0.307 e. The Morgan fingerprint density at radius 2 is 2.18 bits per heavy atom. The van der Waals surface area contributed by atoms with Crippen molar-refractivity contribution in [3.8, 4) is 0 Å². The number of anilines is 1. The Bertz CT molecular complexity index is 550. The van der Waals surface area contributed by atoms with E-state index in [9.17, 15) is 19.7 Å². The molecule has 0 saturated carbocycles. The van der Waals surface area contributed by atoms with Crippen LogP contribution in [0.1, 0.15) is 20.3 Å². The van der Waals surface area contributed by atoms with E-state index < -0.39 is 22.9 Å². The number of benzene rings is 1. The molecule has 0 spiro atoms. The van der Waals surface area contributed by atoms with Crippen LogP contribution in [-0.4, -0.2) is 34.4 Å². The molecular weight excluding hydrogens is 308 g/mol. The van der Waals surface area contributed by atoms with E-state index in [0.717, 1.165) is 5.75 Å². The van der Waals surface area contributed by atoms with Crippen LogP contribution in [0.4, 0.5) is 11.4 Å². The van der Waals surface area contributed by atoms with Gasteiger partial charge in [0.25, 0.3) is 11.6 Å². The minimum absolute atomic E-state index is 0.126. The van der Waals surface area contributed by atoms with Gasteiger partial charge in [-0.05, 0) is 18.7 Å². The number of nitrogens with zero attached hydrogens (tertiary/aromatic N) is 1. The minimum Gasteiger partial charge on any atom is -0.453 e. The van der Waals surface area contributed by atoms with E-state index in [1.165, 1.54) is 31.2 Å². The summed E-state index contributed by atoms with van der Waals surface area (Å²) in [5.74, 6) is 0.588. The van der Waals surface area contributed by atoms with Gasteiger partial charge in [0.2, 0.25) is 0 Å². The second-order valence-corrected chi connectivity index (χ2v) is 5.77. The maximum atomic E-state index is 11.9. The Labute approximate surface area is 132 Å². The van der Waals surface area contributed by atoms with E-state index >= 15 is 0 Å². The van der Waals surface area contributed by atoms with Crippen LogP contribution in [0.2, 0.25) is 0 Å². The number of non-ortho nitro benzene ring substituents is 1. The lowest BCUT2D eigenvalue weighted by Crippen LogP contribution is -2.30. The van der Waals surface area contributed by atoms with Gasteiger partial charge in [-0.2, -0.15) is 11.8 Å². The molecule has 1 rings (SSSR count). The average molecular weight is 326 g/mol. The zero-order chi connectivity index (χ0) is 16.5. The van der Waals surface area contributed by atoms with Gasteiger partial charge in [-0.1, -0.05) is 13.0 Å². The van der Waals surface area contributed by atoms with E-state index in [1.54, 1.807) is 11.8 Å². The normalized spacial score (nSPS) is 11.5. The van der Waals surface area contributed by atoms with Crippen molar-refractivity contribution in [2.45, 2.75) is 26.4 Å². The molecule has 0 radical (unpaired) electrons. The molecule has 22 heavy (non-hydrogen) atoms. The third-order valence-electron chi connectivity index (χ3n) is 2.66. The van der Waals surface area contributed by atoms with Crippen molar-refractivity contribution in [1.82, 2.24) is 0 Å². The predicted octanol–water partition coefficient (Wildman–Crippen LogP) is 2.61. The maximum absolute atomic E-state index is 11.9. The second-order valence-electron chi connectivity index (χ2n) is 4.38. The highest BCUT2D eigenvalue weighted by Gasteiger charge is 2.18. The van der Waals surface area contributed by atoms with E-state index in [4.69, 9.17) is 4.74 Å². The number of thioether (sulfide) groups is 1. The van der Waals surface area contributed by atoms with Crippen molar-refractivity contribution in [3.63, 3.8) is 0 Å². The summed E-state index contributed by atoms with van der Waals surface area (Å²) in [4.78, 5) is 33.5. The highest BCUT2D eigenvalue weighted by molar-refractivity contribution is 7.99. The number of amides is 1. The molecule has 0 aliphatic heterocycles. The second kappa shape index (κ2) is 9.04. The highest BCUT2D eigenvalue weighted by atomic mass is 32.2. The summed E-state index contributed by atoms with van der Waals surface area (Å²) in [5, 5.41) is 13.1. The molecule has 0 aliphatic rings. The molecule has 0 aromatic heterocycles. The lowest BCUT2D eigenvalue weighted by molar-refractivity contribution is -0.384. The van der Waals surface area contributed by atoms with Gasteiger partial charge in [0, 0.05) is 23.6 Å². The summed E-state index contributed by atoms with van der Waals surface area (Å²) in [5.41, 5.74) is 0.155. The number of carbonyl (C=O) groups excluding carboxylic acids is 2. The van der Waals surface area contributed by atoms with Crippen LogP contribution in [-0.2, 0) is 14.3 Å². The van der Waals surface area contributed by atoms with Crippen LogP contribution in [0.25, 0.3) is 0 Å². The van der Waals surface area contributed by atoms with E-state index in [0.29, 0.717) is 5.75 Å². The minimum atomic E-state index is -0.960. The predicted molar refractivity (Wildman–Crippen MR) is 84.9 cm³/mol. The number of ether oxygens (including phenoxy) is 1. The van der Waals surface area contributed by atoms with Gasteiger partial charge < -0.3 is 10.1 Å². The molecular formula is C14H18N2O5S. The number of hydrogen-bond acceptors (Lipinski definition) is 6. The molecule has 0 unspecified atom stereocenters. The fraction of sp³-hybridized carbons (Fsp3) is 0.429. The first-order valence-electron chi connectivity index (χ1n) is 6.76. The fourth-order valence-corrected chi connectivity index (χ4v) is 2.15. The Hall–Kier alpha value is -2.09. The molecule has 0 saturated heterocycles. The first-order chi connectivity index (χ1) is 10.4. The number of nitrogens with one attached hydrogen (secondary N) is 1. The van der Waals surface area contributed by atoms with Gasteiger partial charge in [0.1, 0.15) is 0 Å². The molecule has 8 heteroatoms. The summed E-state index contributed by atoms with van der Waals surface area (Å²) in [6.07, 6.45) is -0.717. The van der Waals surface area contributed by atoms with Crippen LogP contribution in [0.5, 0.6) is 0 Å². The van der Waals surface area contributed by atoms with E-state index in [-0.39, 0.29) is 17.8 Å². The monoisotopic (exact) mass is 326 g/mol.